The number of Topliss-reactive ketones (excluding diaryl/α,β-unsaturated/α-hetero) is 1. The van der Waals surface area contributed by atoms with Gasteiger partial charge >= 0.3 is 0 Å². The highest BCUT2D eigenvalue weighted by Crippen LogP contribution is 2.24. The summed E-state index contributed by atoms with van der Waals surface area (Å²) in [6, 6.07) is 15.3. The fourth-order valence-electron chi connectivity index (χ4n) is 2.68. The van der Waals surface area contributed by atoms with Crippen molar-refractivity contribution in [2.45, 2.75) is 24.3 Å². The second kappa shape index (κ2) is 9.41. The van der Waals surface area contributed by atoms with E-state index in [9.17, 15) is 14.4 Å². The number of anilines is 1. The van der Waals surface area contributed by atoms with Crippen LogP contribution in [0.3, 0.4) is 0 Å². The Hall–Kier alpha value is -3.39. The van der Waals surface area contributed by atoms with Crippen LogP contribution in [0.1, 0.15) is 24.2 Å². The van der Waals surface area contributed by atoms with Crippen molar-refractivity contribution in [1.82, 2.24) is 9.97 Å². The number of carbonyl (C=O) groups is 2. The lowest BCUT2D eigenvalue weighted by Gasteiger charge is -2.12. The Labute approximate surface area is 177 Å². The average molecular weight is 423 g/mol. The van der Waals surface area contributed by atoms with Gasteiger partial charge in [-0.25, -0.2) is 4.98 Å². The lowest BCUT2D eigenvalue weighted by Crippen LogP contribution is -2.23. The molecule has 3 aromatic rings. The first-order chi connectivity index (χ1) is 14.4. The van der Waals surface area contributed by atoms with Crippen molar-refractivity contribution in [1.29, 1.82) is 0 Å². The van der Waals surface area contributed by atoms with Crippen molar-refractivity contribution >= 4 is 29.1 Å². The highest BCUT2D eigenvalue weighted by atomic mass is 32.2. The van der Waals surface area contributed by atoms with E-state index in [-0.39, 0.29) is 17.2 Å². The molecule has 2 N–H and O–H groups in total. The van der Waals surface area contributed by atoms with E-state index in [1.165, 1.54) is 13.0 Å². The van der Waals surface area contributed by atoms with E-state index in [4.69, 9.17) is 4.74 Å². The van der Waals surface area contributed by atoms with Crippen LogP contribution in [0.4, 0.5) is 5.69 Å². The summed E-state index contributed by atoms with van der Waals surface area (Å²) >= 11 is 1.14. The third kappa shape index (κ3) is 5.36. The average Bonchev–Trinajstić information content (AvgIpc) is 2.73. The lowest BCUT2D eigenvalue weighted by atomic mass is 10.1. The number of amides is 1. The minimum Gasteiger partial charge on any atom is -0.497 e. The number of rotatable bonds is 7. The second-order valence-corrected chi connectivity index (χ2v) is 7.88. The summed E-state index contributed by atoms with van der Waals surface area (Å²) in [7, 11) is 1.58. The van der Waals surface area contributed by atoms with Gasteiger partial charge in [0.05, 0.1) is 18.1 Å². The maximum absolute atomic E-state index is 12.6. The predicted molar refractivity (Wildman–Crippen MR) is 117 cm³/mol. The van der Waals surface area contributed by atoms with Crippen LogP contribution in [0, 0.1) is 0 Å². The molecule has 7 nitrogen and oxygen atoms in total. The van der Waals surface area contributed by atoms with E-state index in [0.717, 1.165) is 17.3 Å². The Balaban J connectivity index is 1.74. The lowest BCUT2D eigenvalue weighted by molar-refractivity contribution is -0.115. The number of aromatic nitrogens is 2. The van der Waals surface area contributed by atoms with Crippen molar-refractivity contribution < 1.29 is 14.3 Å². The van der Waals surface area contributed by atoms with Gasteiger partial charge in [0.2, 0.25) is 5.91 Å². The molecule has 2 aromatic carbocycles. The Bertz CT molecular complexity index is 1130. The molecule has 30 heavy (non-hydrogen) atoms. The van der Waals surface area contributed by atoms with Gasteiger partial charge in [0, 0.05) is 22.9 Å². The standard InChI is InChI=1S/C22H21N3O4S/c1-13(26)16-5-4-6-17(11-16)23-21(28)14(2)30-22-24-19(12-20(27)25-22)15-7-9-18(29-3)10-8-15/h4-12,14H,1-3H3,(H,23,28)(H,24,25,27). The van der Waals surface area contributed by atoms with Crippen LogP contribution >= 0.6 is 11.8 Å². The van der Waals surface area contributed by atoms with Gasteiger partial charge in [-0.3, -0.25) is 14.4 Å². The van der Waals surface area contributed by atoms with E-state index < -0.39 is 5.25 Å². The smallest absolute Gasteiger partial charge is 0.252 e. The zero-order chi connectivity index (χ0) is 21.7. The summed E-state index contributed by atoms with van der Waals surface area (Å²) in [5.41, 5.74) is 2.02. The second-order valence-electron chi connectivity index (χ2n) is 6.55. The molecule has 0 spiro atoms. The minimum atomic E-state index is -0.528. The Morgan fingerprint density at radius 3 is 2.53 bits per heavy atom. The molecule has 0 bridgehead atoms. The molecule has 1 heterocycles. The largest absolute Gasteiger partial charge is 0.497 e. The van der Waals surface area contributed by atoms with Crippen LogP contribution in [-0.4, -0.2) is 34.0 Å². The number of aromatic amines is 1. The summed E-state index contributed by atoms with van der Waals surface area (Å²) in [5, 5.41) is 2.60. The normalized spacial score (nSPS) is 11.6. The summed E-state index contributed by atoms with van der Waals surface area (Å²) in [6.07, 6.45) is 0. The van der Waals surface area contributed by atoms with Crippen molar-refractivity contribution in [2.24, 2.45) is 0 Å². The molecule has 0 aliphatic heterocycles. The molecule has 0 fully saturated rings. The quantitative estimate of drug-likeness (QED) is 0.341. The molecule has 154 valence electrons. The van der Waals surface area contributed by atoms with Gasteiger partial charge < -0.3 is 15.0 Å². The van der Waals surface area contributed by atoms with Crippen LogP contribution in [-0.2, 0) is 4.79 Å². The number of benzene rings is 2. The molecular formula is C22H21N3O4S. The fourth-order valence-corrected chi connectivity index (χ4v) is 3.49. The van der Waals surface area contributed by atoms with E-state index in [1.54, 1.807) is 50.4 Å². The van der Waals surface area contributed by atoms with Gasteiger partial charge in [-0.05, 0) is 50.2 Å². The molecule has 1 aromatic heterocycles. The van der Waals surface area contributed by atoms with Gasteiger partial charge in [-0.15, -0.1) is 0 Å². The molecule has 3 rings (SSSR count). The van der Waals surface area contributed by atoms with Crippen LogP contribution in [0.2, 0.25) is 0 Å². The molecule has 1 amide bonds. The summed E-state index contributed by atoms with van der Waals surface area (Å²) in [4.78, 5) is 43.3. The van der Waals surface area contributed by atoms with Crippen molar-refractivity contribution in [3.8, 4) is 17.0 Å². The number of carbonyl (C=O) groups excluding carboxylic acids is 2. The Morgan fingerprint density at radius 2 is 1.87 bits per heavy atom. The molecular weight excluding hydrogens is 402 g/mol. The highest BCUT2D eigenvalue weighted by Gasteiger charge is 2.17. The first-order valence-electron chi connectivity index (χ1n) is 9.20. The molecule has 0 aliphatic rings. The molecule has 1 unspecified atom stereocenters. The molecule has 0 aliphatic carbocycles. The summed E-state index contributed by atoms with van der Waals surface area (Å²) in [5.74, 6) is 0.362. The van der Waals surface area contributed by atoms with Crippen LogP contribution in [0.5, 0.6) is 5.75 Å². The minimum absolute atomic E-state index is 0.0781. The van der Waals surface area contributed by atoms with Gasteiger partial charge in [0.1, 0.15) is 5.75 Å². The SMILES string of the molecule is COc1ccc(-c2cc(=O)[nH]c(SC(C)C(=O)Nc3cccc(C(C)=O)c3)n2)cc1. The topological polar surface area (TPSA) is 101 Å². The molecule has 8 heteroatoms. The first-order valence-corrected chi connectivity index (χ1v) is 10.1. The number of thioether (sulfide) groups is 1. The van der Waals surface area contributed by atoms with Gasteiger partial charge in [-0.2, -0.15) is 0 Å². The number of hydrogen-bond donors (Lipinski definition) is 2. The monoisotopic (exact) mass is 423 g/mol. The molecule has 0 saturated carbocycles. The van der Waals surface area contributed by atoms with Crippen molar-refractivity contribution in [2.75, 3.05) is 12.4 Å². The first kappa shape index (κ1) is 21.3. The van der Waals surface area contributed by atoms with E-state index in [1.807, 2.05) is 12.1 Å². The summed E-state index contributed by atoms with van der Waals surface area (Å²) in [6.45, 7) is 3.19. The van der Waals surface area contributed by atoms with Crippen molar-refractivity contribution in [3.05, 3.63) is 70.5 Å². The number of ketones is 1. The number of ether oxygens (including phenoxy) is 1. The zero-order valence-corrected chi connectivity index (χ0v) is 17.6. The van der Waals surface area contributed by atoms with Crippen molar-refractivity contribution in [3.63, 3.8) is 0 Å². The highest BCUT2D eigenvalue weighted by molar-refractivity contribution is 8.00. The maximum Gasteiger partial charge on any atom is 0.252 e. The summed E-state index contributed by atoms with van der Waals surface area (Å²) < 4.78 is 5.15. The fraction of sp³-hybridized carbons (Fsp3) is 0.182. The van der Waals surface area contributed by atoms with Gasteiger partial charge in [-0.1, -0.05) is 23.9 Å². The molecule has 0 saturated heterocycles. The van der Waals surface area contributed by atoms with E-state index >= 15 is 0 Å². The third-order valence-electron chi connectivity index (χ3n) is 4.30. The number of H-pyrrole nitrogens is 1. The Kier molecular flexibility index (Phi) is 6.68. The van der Waals surface area contributed by atoms with Crippen LogP contribution < -0.4 is 15.6 Å². The number of nitrogens with zero attached hydrogens (tertiary/aromatic N) is 1. The zero-order valence-electron chi connectivity index (χ0n) is 16.8. The predicted octanol–water partition coefficient (Wildman–Crippen LogP) is 3.77. The number of nitrogens with one attached hydrogen (secondary N) is 2. The maximum atomic E-state index is 12.6. The third-order valence-corrected chi connectivity index (χ3v) is 5.28. The van der Waals surface area contributed by atoms with E-state index in [0.29, 0.717) is 27.9 Å². The van der Waals surface area contributed by atoms with Crippen LogP contribution in [0.25, 0.3) is 11.3 Å². The number of methoxy groups -OCH3 is 1. The van der Waals surface area contributed by atoms with E-state index in [2.05, 4.69) is 15.3 Å². The van der Waals surface area contributed by atoms with Crippen LogP contribution in [0.15, 0.2) is 64.5 Å². The Morgan fingerprint density at radius 1 is 1.13 bits per heavy atom. The molecule has 1 atom stereocenters. The van der Waals surface area contributed by atoms with Gasteiger partial charge in [0.15, 0.2) is 10.9 Å². The molecule has 0 radical (unpaired) electrons. The van der Waals surface area contributed by atoms with Gasteiger partial charge in [0.25, 0.3) is 5.56 Å². The number of hydrogen-bond acceptors (Lipinski definition) is 6.